The van der Waals surface area contributed by atoms with Crippen molar-refractivity contribution >= 4 is 23.2 Å². The molecular weight excluding hydrogens is 373 g/mol. The van der Waals surface area contributed by atoms with Crippen molar-refractivity contribution in [2.24, 2.45) is 0 Å². The first kappa shape index (κ1) is 19.2. The van der Waals surface area contributed by atoms with E-state index in [1.807, 2.05) is 12.1 Å². The number of aromatic nitrogens is 2. The number of halogens is 3. The third kappa shape index (κ3) is 4.76. The van der Waals surface area contributed by atoms with Gasteiger partial charge in [0.15, 0.2) is 11.6 Å². The second kappa shape index (κ2) is 7.95. The van der Waals surface area contributed by atoms with Gasteiger partial charge < -0.3 is 15.4 Å². The van der Waals surface area contributed by atoms with Crippen molar-refractivity contribution in [2.75, 3.05) is 17.7 Å². The highest BCUT2D eigenvalue weighted by atomic mass is 19.4. The Hall–Kier alpha value is -3.62. The number of amides is 1. The summed E-state index contributed by atoms with van der Waals surface area (Å²) in [5.41, 5.74) is 0.000355. The number of methoxy groups -OCH3 is 1. The minimum absolute atomic E-state index is 0.0772. The highest BCUT2D eigenvalue weighted by molar-refractivity contribution is 6.03. The SMILES string of the molecule is COc1cccc(Nc2ccc(NC(=O)c3ccc(C(F)(F)F)cc3)nn2)c1. The minimum Gasteiger partial charge on any atom is -0.497 e. The fourth-order valence-corrected chi connectivity index (χ4v) is 2.31. The Balaban J connectivity index is 1.64. The van der Waals surface area contributed by atoms with Gasteiger partial charge in [0, 0.05) is 17.3 Å². The topological polar surface area (TPSA) is 76.1 Å². The molecule has 9 heteroatoms. The van der Waals surface area contributed by atoms with Crippen molar-refractivity contribution in [3.63, 3.8) is 0 Å². The van der Waals surface area contributed by atoms with Crippen LogP contribution < -0.4 is 15.4 Å². The van der Waals surface area contributed by atoms with E-state index in [2.05, 4.69) is 20.8 Å². The molecule has 0 radical (unpaired) electrons. The summed E-state index contributed by atoms with van der Waals surface area (Å²) < 4.78 is 42.9. The Morgan fingerprint density at radius 1 is 0.964 bits per heavy atom. The second-order valence-electron chi connectivity index (χ2n) is 5.69. The van der Waals surface area contributed by atoms with Gasteiger partial charge in [-0.25, -0.2) is 0 Å². The second-order valence-corrected chi connectivity index (χ2v) is 5.69. The first-order chi connectivity index (χ1) is 13.3. The van der Waals surface area contributed by atoms with Gasteiger partial charge in [-0.05, 0) is 48.5 Å². The van der Waals surface area contributed by atoms with Gasteiger partial charge in [-0.3, -0.25) is 4.79 Å². The van der Waals surface area contributed by atoms with Crippen molar-refractivity contribution < 1.29 is 22.7 Å². The molecule has 0 aliphatic carbocycles. The van der Waals surface area contributed by atoms with E-state index in [4.69, 9.17) is 4.74 Å². The third-order valence-corrected chi connectivity index (χ3v) is 3.72. The van der Waals surface area contributed by atoms with E-state index in [0.29, 0.717) is 11.6 Å². The Kier molecular flexibility index (Phi) is 5.44. The van der Waals surface area contributed by atoms with E-state index >= 15 is 0 Å². The number of hydrogen-bond acceptors (Lipinski definition) is 5. The van der Waals surface area contributed by atoms with Crippen LogP contribution in [0, 0.1) is 0 Å². The first-order valence-corrected chi connectivity index (χ1v) is 8.08. The average molecular weight is 388 g/mol. The van der Waals surface area contributed by atoms with Gasteiger partial charge in [-0.2, -0.15) is 13.2 Å². The van der Waals surface area contributed by atoms with Crippen LogP contribution in [0.2, 0.25) is 0 Å². The largest absolute Gasteiger partial charge is 0.497 e. The number of rotatable bonds is 5. The smallest absolute Gasteiger partial charge is 0.416 e. The number of nitrogens with one attached hydrogen (secondary N) is 2. The predicted octanol–water partition coefficient (Wildman–Crippen LogP) is 4.50. The standard InChI is InChI=1S/C19H15F3N4O2/c1-28-15-4-2-3-14(11-15)23-16-9-10-17(26-25-16)24-18(27)12-5-7-13(8-6-12)19(20,21)22/h2-11H,1H3,(H,23,25)(H,24,26,27). The molecule has 0 aliphatic heterocycles. The number of alkyl halides is 3. The molecule has 0 fully saturated rings. The maximum atomic E-state index is 12.6. The molecule has 0 aliphatic rings. The van der Waals surface area contributed by atoms with Crippen molar-refractivity contribution in [1.29, 1.82) is 0 Å². The molecule has 0 saturated carbocycles. The summed E-state index contributed by atoms with van der Waals surface area (Å²) in [7, 11) is 1.56. The Morgan fingerprint density at radius 3 is 2.25 bits per heavy atom. The lowest BCUT2D eigenvalue weighted by molar-refractivity contribution is -0.137. The maximum Gasteiger partial charge on any atom is 0.416 e. The van der Waals surface area contributed by atoms with Crippen LogP contribution in [0.15, 0.2) is 60.7 Å². The lowest BCUT2D eigenvalue weighted by Crippen LogP contribution is -2.14. The van der Waals surface area contributed by atoms with E-state index in [1.165, 1.54) is 6.07 Å². The summed E-state index contributed by atoms with van der Waals surface area (Å²) >= 11 is 0. The molecule has 3 aromatic rings. The third-order valence-electron chi connectivity index (χ3n) is 3.72. The first-order valence-electron chi connectivity index (χ1n) is 8.08. The van der Waals surface area contributed by atoms with Crippen LogP contribution in [0.3, 0.4) is 0 Å². The zero-order valence-electron chi connectivity index (χ0n) is 14.6. The van der Waals surface area contributed by atoms with Gasteiger partial charge in [-0.15, -0.1) is 10.2 Å². The summed E-state index contributed by atoms with van der Waals surface area (Å²) in [6, 6.07) is 14.3. The van der Waals surface area contributed by atoms with Crippen LogP contribution in [-0.2, 0) is 6.18 Å². The minimum atomic E-state index is -4.45. The monoisotopic (exact) mass is 388 g/mol. The molecule has 6 nitrogen and oxygen atoms in total. The molecule has 3 rings (SSSR count). The van der Waals surface area contributed by atoms with Crippen LogP contribution in [0.25, 0.3) is 0 Å². The summed E-state index contributed by atoms with van der Waals surface area (Å²) in [6.07, 6.45) is -4.45. The fraction of sp³-hybridized carbons (Fsp3) is 0.105. The van der Waals surface area contributed by atoms with E-state index in [9.17, 15) is 18.0 Å². The summed E-state index contributed by atoms with van der Waals surface area (Å²) in [5.74, 6) is 0.705. The van der Waals surface area contributed by atoms with Gasteiger partial charge >= 0.3 is 6.18 Å². The Bertz CT molecular complexity index is 958. The van der Waals surface area contributed by atoms with E-state index < -0.39 is 17.6 Å². The predicted molar refractivity (Wildman–Crippen MR) is 97.7 cm³/mol. The maximum absolute atomic E-state index is 12.6. The van der Waals surface area contributed by atoms with E-state index in [1.54, 1.807) is 25.3 Å². The van der Waals surface area contributed by atoms with Crippen molar-refractivity contribution in [2.45, 2.75) is 6.18 Å². The lowest BCUT2D eigenvalue weighted by atomic mass is 10.1. The number of carbonyl (C=O) groups excluding carboxylic acids is 1. The van der Waals surface area contributed by atoms with Crippen LogP contribution >= 0.6 is 0 Å². The number of ether oxygens (including phenoxy) is 1. The van der Waals surface area contributed by atoms with Crippen molar-refractivity contribution in [3.05, 3.63) is 71.8 Å². The highest BCUT2D eigenvalue weighted by Gasteiger charge is 2.30. The Morgan fingerprint density at radius 2 is 1.64 bits per heavy atom. The quantitative estimate of drug-likeness (QED) is 0.673. The van der Waals surface area contributed by atoms with Gasteiger partial charge in [-0.1, -0.05) is 6.07 Å². The number of nitrogens with zero attached hydrogens (tertiary/aromatic N) is 2. The van der Waals surface area contributed by atoms with Crippen LogP contribution in [-0.4, -0.2) is 23.2 Å². The van der Waals surface area contributed by atoms with Gasteiger partial charge in [0.25, 0.3) is 5.91 Å². The van der Waals surface area contributed by atoms with E-state index in [-0.39, 0.29) is 11.4 Å². The summed E-state index contributed by atoms with van der Waals surface area (Å²) in [6.45, 7) is 0. The molecule has 1 heterocycles. The zero-order valence-corrected chi connectivity index (χ0v) is 14.6. The van der Waals surface area contributed by atoms with Gasteiger partial charge in [0.05, 0.1) is 12.7 Å². The van der Waals surface area contributed by atoms with Crippen molar-refractivity contribution in [3.8, 4) is 5.75 Å². The molecular formula is C19H15F3N4O2. The molecule has 0 bridgehead atoms. The van der Waals surface area contributed by atoms with Crippen molar-refractivity contribution in [1.82, 2.24) is 10.2 Å². The molecule has 0 atom stereocenters. The average Bonchev–Trinajstić information content (AvgIpc) is 2.69. The van der Waals surface area contributed by atoms with Crippen LogP contribution in [0.4, 0.5) is 30.5 Å². The summed E-state index contributed by atoms with van der Waals surface area (Å²) in [5, 5.41) is 13.4. The number of carbonyl (C=O) groups is 1. The molecule has 144 valence electrons. The lowest BCUT2D eigenvalue weighted by Gasteiger charge is -2.09. The molecule has 28 heavy (non-hydrogen) atoms. The van der Waals surface area contributed by atoms with E-state index in [0.717, 1.165) is 30.0 Å². The molecule has 2 aromatic carbocycles. The normalized spacial score (nSPS) is 11.0. The van der Waals surface area contributed by atoms with Gasteiger partial charge in [0.1, 0.15) is 5.75 Å². The molecule has 0 spiro atoms. The Labute approximate surface area is 158 Å². The van der Waals surface area contributed by atoms with Crippen LogP contribution in [0.5, 0.6) is 5.75 Å². The fourth-order valence-electron chi connectivity index (χ4n) is 2.31. The van der Waals surface area contributed by atoms with Crippen LogP contribution in [0.1, 0.15) is 15.9 Å². The molecule has 1 amide bonds. The highest BCUT2D eigenvalue weighted by Crippen LogP contribution is 2.29. The number of benzene rings is 2. The van der Waals surface area contributed by atoms with Gasteiger partial charge in [0.2, 0.25) is 0 Å². The molecule has 2 N–H and O–H groups in total. The molecule has 0 saturated heterocycles. The zero-order chi connectivity index (χ0) is 20.1. The molecule has 1 aromatic heterocycles. The molecule has 0 unspecified atom stereocenters. The number of anilines is 3. The number of hydrogen-bond donors (Lipinski definition) is 2. The summed E-state index contributed by atoms with van der Waals surface area (Å²) in [4.78, 5) is 12.1.